The van der Waals surface area contributed by atoms with E-state index in [9.17, 15) is 0 Å². The van der Waals surface area contributed by atoms with Crippen LogP contribution in [-0.4, -0.2) is 183 Å². The molecule has 25 heteroatoms. The first-order valence-electron chi connectivity index (χ1n) is 36.6. The quantitative estimate of drug-likeness (QED) is 0.110. The molecule has 0 spiro atoms. The van der Waals surface area contributed by atoms with Crippen LogP contribution < -0.4 is 20.4 Å². The van der Waals surface area contributed by atoms with Crippen molar-refractivity contribution >= 4 is 92.3 Å². The second-order valence-corrected chi connectivity index (χ2v) is 68.1. The van der Waals surface area contributed by atoms with Gasteiger partial charge in [0.15, 0.2) is 16.6 Å². The van der Waals surface area contributed by atoms with Crippen molar-refractivity contribution in [3.05, 3.63) is 29.8 Å². The minimum atomic E-state index is -2.92. The molecule has 98 heavy (non-hydrogen) atoms. The van der Waals surface area contributed by atoms with Crippen molar-refractivity contribution in [2.75, 3.05) is 26.7 Å². The van der Waals surface area contributed by atoms with Gasteiger partial charge in [-0.15, -0.1) is 0 Å². The number of nitrogens with one attached hydrogen (secondary N) is 3. The molecule has 0 aliphatic carbocycles. The summed E-state index contributed by atoms with van der Waals surface area (Å²) < 4.78 is 41.2. The predicted octanol–water partition coefficient (Wildman–Crippen LogP) is 15.1. The summed E-state index contributed by atoms with van der Waals surface area (Å²) in [7, 11) is -12.6. The Balaban J connectivity index is 2.22. The summed E-state index contributed by atoms with van der Waals surface area (Å²) in [6, 6.07) is 2.66. The van der Waals surface area contributed by atoms with Gasteiger partial charge in [0.1, 0.15) is 5.75 Å². The SMILES string of the molecule is COB=N[C@H]1CCCNC(=O)[C@@H]2[C@@H](C[Si](C)(C)C(C)(C)C)[C@@H](C)CN2C(=O)[C@H](C(C)O[Si](C)(C)C(C)(C)C)NC(=O)[C@H]([C@@H](Cc2ccc(O[Si](C)(C)C(C)(C)C)cc2)O[Si](C)(C)C(C)(C)C)NC(=O)[C@@H]2C[C@@H](O[Si](C)(C)C(C)(C)C)CN2C(=O)[C@H](C(C)O[Si](C)(C)C(C)(C)C)CC1=O. The summed E-state index contributed by atoms with van der Waals surface area (Å²) in [6.45, 7) is 71.3. The second-order valence-electron chi connectivity index (χ2n) is 38.6. The summed E-state index contributed by atoms with van der Waals surface area (Å²) in [6.07, 6.45) is -2.90. The molecule has 0 aromatic heterocycles. The molecule has 0 radical (unpaired) electrons. The number of hydrogen-bond donors (Lipinski definition) is 3. The fraction of sp³-hybridized carbons (Fsp3) is 0.836. The Morgan fingerprint density at radius 2 is 1.07 bits per heavy atom. The average molecular weight is 1470 g/mol. The summed E-state index contributed by atoms with van der Waals surface area (Å²) in [5.41, 5.74) is 0.813. The maximum atomic E-state index is 16.7. The average Bonchev–Trinajstić information content (AvgIpc) is 1.58. The Kier molecular flexibility index (Phi) is 28.5. The fourth-order valence-electron chi connectivity index (χ4n) is 11.9. The fourth-order valence-corrected chi connectivity index (χ4v) is 20.9. The van der Waals surface area contributed by atoms with Gasteiger partial charge in [0.2, 0.25) is 8.32 Å². The molecule has 0 bridgehead atoms. The minimum absolute atomic E-state index is 0.0284. The van der Waals surface area contributed by atoms with Gasteiger partial charge in [0.05, 0.1) is 0 Å². The van der Waals surface area contributed by atoms with Crippen molar-refractivity contribution in [1.82, 2.24) is 25.8 Å². The molecule has 18 nitrogen and oxygen atoms in total. The van der Waals surface area contributed by atoms with Gasteiger partial charge in [-0.2, -0.15) is 0 Å². The molecule has 0 saturated carbocycles. The third-order valence-corrected chi connectivity index (χ3v) is 52.8. The van der Waals surface area contributed by atoms with Crippen LogP contribution in [0.5, 0.6) is 5.75 Å². The van der Waals surface area contributed by atoms with Gasteiger partial charge >= 0.3 is 355 Å². The predicted molar refractivity (Wildman–Crippen MR) is 416 cm³/mol. The van der Waals surface area contributed by atoms with Crippen LogP contribution in [0.4, 0.5) is 0 Å². The van der Waals surface area contributed by atoms with Crippen molar-refractivity contribution < 1.29 is 55.6 Å². The number of hydrogen-bond acceptors (Lipinski definition) is 13. The van der Waals surface area contributed by atoms with Crippen molar-refractivity contribution in [2.45, 2.75) is 347 Å². The van der Waals surface area contributed by atoms with Gasteiger partial charge in [-0.25, -0.2) is 0 Å². The van der Waals surface area contributed by atoms with Crippen LogP contribution >= 0.6 is 0 Å². The zero-order valence-corrected chi connectivity index (χ0v) is 73.9. The molecule has 1 aromatic rings. The first-order chi connectivity index (χ1) is 44.0. The van der Waals surface area contributed by atoms with Crippen LogP contribution in [0.15, 0.2) is 29.2 Å². The molecule has 3 saturated heterocycles. The molecular formula is C73H139BN6O12Si6. The van der Waals surface area contributed by atoms with Crippen LogP contribution in [0.25, 0.3) is 0 Å². The zero-order valence-electron chi connectivity index (χ0n) is 67.9. The normalized spacial score (nSPS) is 25.6. The number of ketones is 1. The maximum absolute atomic E-state index is 16.7. The van der Waals surface area contributed by atoms with Crippen molar-refractivity contribution in [1.29, 1.82) is 0 Å². The Morgan fingerprint density at radius 3 is 1.56 bits per heavy atom. The molecule has 3 fully saturated rings. The van der Waals surface area contributed by atoms with Crippen LogP contribution in [0.3, 0.4) is 0 Å². The molecule has 5 amide bonds. The Morgan fingerprint density at radius 1 is 0.582 bits per heavy atom. The molecular weight excluding hydrogens is 1330 g/mol. The van der Waals surface area contributed by atoms with E-state index in [0.29, 0.717) is 6.42 Å². The van der Waals surface area contributed by atoms with Gasteiger partial charge in [-0.1, -0.05) is 116 Å². The number of Topliss-reactive ketones (excluding diaryl/α,β-unsaturated/α-hetero) is 1. The monoisotopic (exact) mass is 1470 g/mol. The van der Waals surface area contributed by atoms with E-state index in [1.807, 2.05) is 38.1 Å². The Hall–Kier alpha value is -3.15. The van der Waals surface area contributed by atoms with E-state index in [0.717, 1.165) is 17.4 Å². The van der Waals surface area contributed by atoms with E-state index in [4.69, 9.17) is 26.8 Å². The number of amides is 5. The van der Waals surface area contributed by atoms with Gasteiger partial charge in [-0.05, 0) is 85.4 Å². The summed E-state index contributed by atoms with van der Waals surface area (Å²) >= 11 is 0. The van der Waals surface area contributed by atoms with E-state index >= 15 is 28.8 Å². The van der Waals surface area contributed by atoms with Crippen molar-refractivity contribution in [3.63, 3.8) is 0 Å². The number of benzene rings is 1. The van der Waals surface area contributed by atoms with E-state index in [2.05, 4.69) is 231 Å². The Labute approximate surface area is 602 Å². The molecule has 3 N–H and O–H groups in total. The molecule has 3 heterocycles. The summed E-state index contributed by atoms with van der Waals surface area (Å²) in [4.78, 5) is 105. The van der Waals surface area contributed by atoms with Crippen molar-refractivity contribution in [2.24, 2.45) is 22.6 Å². The van der Waals surface area contributed by atoms with Crippen molar-refractivity contribution in [3.8, 4) is 5.75 Å². The molecule has 4 rings (SSSR count). The van der Waals surface area contributed by atoms with Crippen LogP contribution in [0, 0.1) is 17.8 Å². The molecule has 2 unspecified atom stereocenters. The Bertz CT molecular complexity index is 2940. The number of fused-ring (bicyclic) bond motifs is 2. The number of rotatable bonds is 19. The first kappa shape index (κ1) is 87.3. The van der Waals surface area contributed by atoms with E-state index < -0.39 is 139 Å². The number of nitrogens with zero attached hydrogens (tertiary/aromatic N) is 3. The topological polar surface area (TPSA) is 213 Å². The van der Waals surface area contributed by atoms with Gasteiger partial charge in [0.25, 0.3) is 0 Å². The van der Waals surface area contributed by atoms with E-state index in [1.165, 1.54) is 14.4 Å². The first-order valence-corrected chi connectivity index (χ1v) is 54.4. The third-order valence-electron chi connectivity index (χ3n) is 24.7. The third kappa shape index (κ3) is 21.7. The van der Waals surface area contributed by atoms with Gasteiger partial charge in [-0.3, -0.25) is 4.79 Å². The van der Waals surface area contributed by atoms with E-state index in [-0.39, 0.29) is 94.0 Å². The van der Waals surface area contributed by atoms with Gasteiger partial charge in [0, 0.05) is 0 Å². The number of carbonyl (C=O) groups excluding carboxylic acids is 6. The second kappa shape index (κ2) is 32.1. The summed E-state index contributed by atoms with van der Waals surface area (Å²) in [5.74, 6) is -3.61. The van der Waals surface area contributed by atoms with Crippen LogP contribution in [-0.2, 0) is 57.5 Å². The van der Waals surface area contributed by atoms with Crippen LogP contribution in [0.1, 0.15) is 177 Å². The molecule has 560 valence electrons. The molecule has 12 atom stereocenters. The number of carbonyl (C=O) groups is 6. The van der Waals surface area contributed by atoms with Crippen LogP contribution in [0.2, 0.25) is 115 Å². The molecule has 3 aliphatic heterocycles. The zero-order chi connectivity index (χ0) is 75.7. The van der Waals surface area contributed by atoms with Gasteiger partial charge < -0.3 is 13.3 Å². The molecule has 1 aromatic carbocycles. The standard InChI is InChI=1S/C73H139BN6O12Si6/c1-48-45-80-62(55(48)47-93(23,24)68(4,5)6)65(84)75-41-35-36-56(78-74-87-22)58(81)44-54(49(2)88-94(25,26)69(7,8)9)66(85)79-46-53(91-97(31,32)72(16,17)18)43-57(79)63(82)77-61(64(83)76-60(67(80)86)50(3)89-95(27,28)70(10,11)12)59(92-98(33,34)73(19,20)21)42-51-37-39-52(40-38-51)90-96(29,30)71(13,14)15/h37-40,48-50,53-57,59-62H,35-36,41-47H2,1-34H3,(H,75,84)(H,76,83)(H,77,82)/t48-,49?,50?,53+,54-,55-,56-,57-,59+,60-,61-,62-/m0/s1. The molecule has 3 aliphatic rings. The summed E-state index contributed by atoms with van der Waals surface area (Å²) in [5, 5.41) is 8.51. The van der Waals surface area contributed by atoms with E-state index in [1.54, 1.807) is 9.80 Å².